The van der Waals surface area contributed by atoms with Crippen molar-refractivity contribution in [2.45, 2.75) is 12.1 Å². The van der Waals surface area contributed by atoms with Crippen molar-refractivity contribution in [1.82, 2.24) is 15.2 Å². The molecule has 0 aliphatic carbocycles. The summed E-state index contributed by atoms with van der Waals surface area (Å²) in [4.78, 5) is 4.29. The summed E-state index contributed by atoms with van der Waals surface area (Å²) < 4.78 is 0. The third kappa shape index (κ3) is 2.41. The maximum absolute atomic E-state index is 8.45. The minimum atomic E-state index is 0.366. The third-order valence-electron chi connectivity index (χ3n) is 2.06. The fourth-order valence-corrected chi connectivity index (χ4v) is 1.71. The molecule has 0 bridgehead atoms. The molecule has 0 atom stereocenters. The molecule has 1 heterocycles. The fraction of sp³-hybridized carbons (Fsp3) is 0.182. The highest BCUT2D eigenvalue weighted by Gasteiger charge is 2.05. The SMILES string of the molecule is Cc1ccc(-c2nc(SCC#N)n[nH]2)cc1. The summed E-state index contributed by atoms with van der Waals surface area (Å²) in [6, 6.07) is 10.1. The molecule has 0 aliphatic rings. The molecule has 0 fully saturated rings. The maximum Gasteiger partial charge on any atom is 0.209 e. The average Bonchev–Trinajstić information content (AvgIpc) is 2.76. The monoisotopic (exact) mass is 230 g/mol. The summed E-state index contributed by atoms with van der Waals surface area (Å²) in [5.41, 5.74) is 2.21. The predicted molar refractivity (Wildman–Crippen MR) is 62.9 cm³/mol. The molecule has 1 N–H and O–H groups in total. The zero-order valence-corrected chi connectivity index (χ0v) is 9.58. The smallest absolute Gasteiger partial charge is 0.209 e. The number of nitrogens with zero attached hydrogens (tertiary/aromatic N) is 3. The number of nitrogens with one attached hydrogen (secondary N) is 1. The predicted octanol–water partition coefficient (Wildman–Crippen LogP) is 2.40. The van der Waals surface area contributed by atoms with E-state index in [0.29, 0.717) is 10.9 Å². The standard InChI is InChI=1S/C11H10N4S/c1-8-2-4-9(5-3-8)10-13-11(15-14-10)16-7-6-12/h2-5H,7H2,1H3,(H,13,14,15). The van der Waals surface area contributed by atoms with Crippen LogP contribution in [0, 0.1) is 18.3 Å². The Labute approximate surface area is 97.7 Å². The van der Waals surface area contributed by atoms with Gasteiger partial charge in [0.2, 0.25) is 5.16 Å². The summed E-state index contributed by atoms with van der Waals surface area (Å²) in [5.74, 6) is 1.10. The lowest BCUT2D eigenvalue weighted by Gasteiger charge is -1.95. The van der Waals surface area contributed by atoms with E-state index < -0.39 is 0 Å². The van der Waals surface area contributed by atoms with Gasteiger partial charge in [-0.3, -0.25) is 5.10 Å². The number of hydrogen-bond donors (Lipinski definition) is 1. The van der Waals surface area contributed by atoms with Gasteiger partial charge in [0.05, 0.1) is 11.8 Å². The van der Waals surface area contributed by atoms with E-state index in [2.05, 4.69) is 15.2 Å². The van der Waals surface area contributed by atoms with Crippen molar-refractivity contribution in [3.63, 3.8) is 0 Å². The van der Waals surface area contributed by atoms with Gasteiger partial charge in [-0.1, -0.05) is 41.6 Å². The zero-order valence-electron chi connectivity index (χ0n) is 8.77. The van der Waals surface area contributed by atoms with Gasteiger partial charge in [-0.2, -0.15) is 5.26 Å². The van der Waals surface area contributed by atoms with Crippen LogP contribution in [0.15, 0.2) is 29.4 Å². The molecule has 1 aromatic heterocycles. The van der Waals surface area contributed by atoms with Gasteiger partial charge in [0, 0.05) is 5.56 Å². The Hall–Kier alpha value is -1.80. The van der Waals surface area contributed by atoms with Crippen molar-refractivity contribution < 1.29 is 0 Å². The normalized spacial score (nSPS) is 10.0. The molecule has 0 saturated heterocycles. The summed E-state index contributed by atoms with van der Waals surface area (Å²) in [7, 11) is 0. The molecule has 2 rings (SSSR count). The van der Waals surface area contributed by atoms with Gasteiger partial charge in [-0.05, 0) is 6.92 Å². The Morgan fingerprint density at radius 1 is 1.38 bits per heavy atom. The first-order valence-electron chi connectivity index (χ1n) is 4.79. The quantitative estimate of drug-likeness (QED) is 0.822. The number of nitriles is 1. The van der Waals surface area contributed by atoms with Crippen molar-refractivity contribution >= 4 is 11.8 Å². The van der Waals surface area contributed by atoms with Crippen molar-refractivity contribution in [3.8, 4) is 17.5 Å². The first-order valence-corrected chi connectivity index (χ1v) is 5.77. The van der Waals surface area contributed by atoms with Crippen LogP contribution >= 0.6 is 11.8 Å². The molecule has 16 heavy (non-hydrogen) atoms. The number of H-pyrrole nitrogens is 1. The summed E-state index contributed by atoms with van der Waals surface area (Å²) in [6.07, 6.45) is 0. The Morgan fingerprint density at radius 3 is 2.81 bits per heavy atom. The number of rotatable bonds is 3. The molecule has 1 aromatic carbocycles. The number of thioether (sulfide) groups is 1. The van der Waals surface area contributed by atoms with E-state index in [1.54, 1.807) is 0 Å². The van der Waals surface area contributed by atoms with Crippen molar-refractivity contribution in [3.05, 3.63) is 29.8 Å². The maximum atomic E-state index is 8.45. The van der Waals surface area contributed by atoms with Gasteiger partial charge in [0.25, 0.3) is 0 Å². The third-order valence-corrected chi connectivity index (χ3v) is 2.77. The molecular formula is C11H10N4S. The van der Waals surface area contributed by atoms with Crippen LogP contribution in [0.1, 0.15) is 5.56 Å². The molecular weight excluding hydrogens is 220 g/mol. The molecule has 0 radical (unpaired) electrons. The Bertz CT molecular complexity index is 510. The minimum absolute atomic E-state index is 0.366. The minimum Gasteiger partial charge on any atom is -0.258 e. The van der Waals surface area contributed by atoms with Gasteiger partial charge < -0.3 is 0 Å². The highest BCUT2D eigenvalue weighted by Crippen LogP contribution is 2.18. The van der Waals surface area contributed by atoms with Gasteiger partial charge in [-0.15, -0.1) is 5.10 Å². The molecule has 0 saturated carbocycles. The van der Waals surface area contributed by atoms with Crippen LogP contribution in [0.5, 0.6) is 0 Å². The first-order chi connectivity index (χ1) is 7.79. The molecule has 0 spiro atoms. The largest absolute Gasteiger partial charge is 0.258 e. The summed E-state index contributed by atoms with van der Waals surface area (Å²) >= 11 is 1.32. The first kappa shape index (κ1) is 10.7. The summed E-state index contributed by atoms with van der Waals surface area (Å²) in [5, 5.41) is 15.9. The highest BCUT2D eigenvalue weighted by molar-refractivity contribution is 7.99. The van der Waals surface area contributed by atoms with Crippen molar-refractivity contribution in [1.29, 1.82) is 5.26 Å². The number of aryl methyl sites for hydroxylation is 1. The number of benzene rings is 1. The highest BCUT2D eigenvalue weighted by atomic mass is 32.2. The summed E-state index contributed by atoms with van der Waals surface area (Å²) in [6.45, 7) is 2.04. The number of hydrogen-bond acceptors (Lipinski definition) is 4. The van der Waals surface area contributed by atoms with Crippen molar-refractivity contribution in [2.24, 2.45) is 0 Å². The van der Waals surface area contributed by atoms with E-state index in [-0.39, 0.29) is 0 Å². The molecule has 0 unspecified atom stereocenters. The molecule has 5 heteroatoms. The van der Waals surface area contributed by atoms with E-state index in [4.69, 9.17) is 5.26 Å². The molecule has 0 amide bonds. The second kappa shape index (κ2) is 4.81. The Morgan fingerprint density at radius 2 is 2.12 bits per heavy atom. The molecule has 80 valence electrons. The van der Waals surface area contributed by atoms with Gasteiger partial charge in [-0.25, -0.2) is 4.98 Å². The molecule has 0 aliphatic heterocycles. The van der Waals surface area contributed by atoms with Crippen LogP contribution < -0.4 is 0 Å². The lowest BCUT2D eigenvalue weighted by Crippen LogP contribution is -1.81. The lowest BCUT2D eigenvalue weighted by molar-refractivity contribution is 0.975. The average molecular weight is 230 g/mol. The van der Waals surface area contributed by atoms with Crippen LogP contribution in [0.2, 0.25) is 0 Å². The molecule has 2 aromatic rings. The van der Waals surface area contributed by atoms with Gasteiger partial charge in [0.1, 0.15) is 0 Å². The van der Waals surface area contributed by atoms with Crippen molar-refractivity contribution in [2.75, 3.05) is 5.75 Å². The lowest BCUT2D eigenvalue weighted by atomic mass is 10.1. The fourth-order valence-electron chi connectivity index (χ4n) is 1.25. The number of aromatic nitrogens is 3. The second-order valence-corrected chi connectivity index (χ2v) is 4.22. The van der Waals surface area contributed by atoms with Crippen LogP contribution in [-0.2, 0) is 0 Å². The molecule has 4 nitrogen and oxygen atoms in total. The van der Waals surface area contributed by atoms with Gasteiger partial charge in [0.15, 0.2) is 5.82 Å². The topological polar surface area (TPSA) is 65.4 Å². The van der Waals surface area contributed by atoms with E-state index >= 15 is 0 Å². The van der Waals surface area contributed by atoms with E-state index in [1.807, 2.05) is 37.3 Å². The second-order valence-electron chi connectivity index (χ2n) is 3.28. The number of aromatic amines is 1. The van der Waals surface area contributed by atoms with Crippen LogP contribution in [0.3, 0.4) is 0 Å². The Balaban J connectivity index is 2.18. The van der Waals surface area contributed by atoms with E-state index in [9.17, 15) is 0 Å². The van der Waals surface area contributed by atoms with Crippen LogP contribution in [-0.4, -0.2) is 20.9 Å². The Kier molecular flexibility index (Phi) is 3.22. The van der Waals surface area contributed by atoms with E-state index in [0.717, 1.165) is 11.4 Å². The van der Waals surface area contributed by atoms with E-state index in [1.165, 1.54) is 17.3 Å². The van der Waals surface area contributed by atoms with Gasteiger partial charge >= 0.3 is 0 Å². The van der Waals surface area contributed by atoms with Crippen LogP contribution in [0.4, 0.5) is 0 Å². The van der Waals surface area contributed by atoms with Crippen LogP contribution in [0.25, 0.3) is 11.4 Å². The zero-order chi connectivity index (χ0) is 11.4.